The van der Waals surface area contributed by atoms with Crippen LogP contribution in [0.5, 0.6) is 0 Å². The molecule has 0 radical (unpaired) electrons. The standard InChI is InChI=1S/C15H30N2/c1-3-17-12-8-7-11-15(13-16-2)14-9-5-4-6-10-14/h3,14-17H,1,4-13H2,2H3. The zero-order valence-corrected chi connectivity index (χ0v) is 11.5. The van der Waals surface area contributed by atoms with Crippen LogP contribution in [-0.4, -0.2) is 20.1 Å². The van der Waals surface area contributed by atoms with Gasteiger partial charge in [-0.05, 0) is 44.5 Å². The van der Waals surface area contributed by atoms with E-state index in [1.807, 2.05) is 0 Å². The van der Waals surface area contributed by atoms with Crippen LogP contribution in [0.25, 0.3) is 0 Å². The zero-order valence-electron chi connectivity index (χ0n) is 11.5. The highest BCUT2D eigenvalue weighted by Gasteiger charge is 2.22. The first-order chi connectivity index (χ1) is 8.38. The van der Waals surface area contributed by atoms with Crippen molar-refractivity contribution in [1.82, 2.24) is 10.6 Å². The highest BCUT2D eigenvalue weighted by atomic mass is 14.8. The largest absolute Gasteiger partial charge is 0.391 e. The molecule has 0 aliphatic heterocycles. The molecule has 0 spiro atoms. The SMILES string of the molecule is C=CNCCCCC(CNC)C1CCCCC1. The molecule has 0 saturated heterocycles. The third kappa shape index (κ3) is 6.11. The van der Waals surface area contributed by atoms with Crippen LogP contribution in [0.4, 0.5) is 0 Å². The molecule has 100 valence electrons. The molecule has 2 heteroatoms. The van der Waals surface area contributed by atoms with Crippen molar-refractivity contribution in [3.05, 3.63) is 12.8 Å². The van der Waals surface area contributed by atoms with Gasteiger partial charge in [-0.3, -0.25) is 0 Å². The summed E-state index contributed by atoms with van der Waals surface area (Å²) in [6, 6.07) is 0. The van der Waals surface area contributed by atoms with Crippen molar-refractivity contribution in [2.24, 2.45) is 11.8 Å². The van der Waals surface area contributed by atoms with Gasteiger partial charge in [-0.2, -0.15) is 0 Å². The summed E-state index contributed by atoms with van der Waals surface area (Å²) < 4.78 is 0. The average molecular weight is 238 g/mol. The minimum Gasteiger partial charge on any atom is -0.391 e. The molecule has 1 aliphatic carbocycles. The molecule has 1 fully saturated rings. The average Bonchev–Trinajstić information content (AvgIpc) is 2.38. The van der Waals surface area contributed by atoms with Gasteiger partial charge in [-0.15, -0.1) is 0 Å². The quantitative estimate of drug-likeness (QED) is 0.602. The topological polar surface area (TPSA) is 24.1 Å². The Morgan fingerprint density at radius 1 is 1.24 bits per heavy atom. The van der Waals surface area contributed by atoms with E-state index < -0.39 is 0 Å². The maximum atomic E-state index is 3.68. The Morgan fingerprint density at radius 2 is 2.00 bits per heavy atom. The van der Waals surface area contributed by atoms with Crippen LogP contribution in [0, 0.1) is 11.8 Å². The molecular formula is C15H30N2. The summed E-state index contributed by atoms with van der Waals surface area (Å²) in [6.07, 6.45) is 13.1. The third-order valence-electron chi connectivity index (χ3n) is 4.07. The summed E-state index contributed by atoms with van der Waals surface area (Å²) in [7, 11) is 2.09. The van der Waals surface area contributed by atoms with E-state index in [1.165, 1.54) is 57.9 Å². The molecule has 1 atom stereocenters. The molecule has 2 N–H and O–H groups in total. The molecule has 1 saturated carbocycles. The van der Waals surface area contributed by atoms with Crippen LogP contribution in [0.1, 0.15) is 51.4 Å². The lowest BCUT2D eigenvalue weighted by atomic mass is 9.78. The molecule has 0 aromatic heterocycles. The van der Waals surface area contributed by atoms with Gasteiger partial charge in [0.2, 0.25) is 0 Å². The lowest BCUT2D eigenvalue weighted by Gasteiger charge is -2.30. The van der Waals surface area contributed by atoms with Gasteiger partial charge >= 0.3 is 0 Å². The van der Waals surface area contributed by atoms with Crippen molar-refractivity contribution in [3.63, 3.8) is 0 Å². The van der Waals surface area contributed by atoms with Crippen molar-refractivity contribution >= 4 is 0 Å². The Kier molecular flexibility index (Phi) is 8.16. The number of rotatable bonds is 9. The van der Waals surface area contributed by atoms with E-state index in [1.54, 1.807) is 6.20 Å². The van der Waals surface area contributed by atoms with E-state index in [2.05, 4.69) is 24.3 Å². The number of unbranched alkanes of at least 4 members (excludes halogenated alkanes) is 1. The van der Waals surface area contributed by atoms with Crippen molar-refractivity contribution in [3.8, 4) is 0 Å². The Balaban J connectivity index is 2.19. The van der Waals surface area contributed by atoms with Gasteiger partial charge in [-0.25, -0.2) is 0 Å². The van der Waals surface area contributed by atoms with E-state index in [4.69, 9.17) is 0 Å². The number of hydrogen-bond acceptors (Lipinski definition) is 2. The van der Waals surface area contributed by atoms with Gasteiger partial charge in [0.15, 0.2) is 0 Å². The third-order valence-corrected chi connectivity index (χ3v) is 4.07. The Morgan fingerprint density at radius 3 is 2.65 bits per heavy atom. The Bertz CT molecular complexity index is 185. The van der Waals surface area contributed by atoms with E-state index in [0.29, 0.717) is 0 Å². The van der Waals surface area contributed by atoms with Crippen LogP contribution >= 0.6 is 0 Å². The molecule has 17 heavy (non-hydrogen) atoms. The molecular weight excluding hydrogens is 208 g/mol. The second kappa shape index (κ2) is 9.52. The monoisotopic (exact) mass is 238 g/mol. The minimum atomic E-state index is 0.907. The predicted octanol–water partition coefficient (Wildman–Crippen LogP) is 3.31. The van der Waals surface area contributed by atoms with Crippen LogP contribution in [-0.2, 0) is 0 Å². The second-order valence-electron chi connectivity index (χ2n) is 5.37. The minimum absolute atomic E-state index is 0.907. The van der Waals surface area contributed by atoms with Gasteiger partial charge < -0.3 is 10.6 Å². The van der Waals surface area contributed by atoms with Crippen LogP contribution < -0.4 is 10.6 Å². The fraction of sp³-hybridized carbons (Fsp3) is 0.867. The van der Waals surface area contributed by atoms with Gasteiger partial charge in [0.25, 0.3) is 0 Å². The van der Waals surface area contributed by atoms with E-state index >= 15 is 0 Å². The smallest absolute Gasteiger partial charge is 0.0141 e. The number of hydrogen-bond donors (Lipinski definition) is 2. The Hall–Kier alpha value is -0.500. The summed E-state index contributed by atoms with van der Waals surface area (Å²) in [6.45, 7) is 5.97. The van der Waals surface area contributed by atoms with E-state index in [-0.39, 0.29) is 0 Å². The van der Waals surface area contributed by atoms with E-state index in [0.717, 1.165) is 18.4 Å². The fourth-order valence-corrected chi connectivity index (χ4v) is 3.11. The fourth-order valence-electron chi connectivity index (χ4n) is 3.11. The normalized spacial score (nSPS) is 18.9. The lowest BCUT2D eigenvalue weighted by Crippen LogP contribution is -2.27. The first kappa shape index (κ1) is 14.6. The molecule has 0 heterocycles. The van der Waals surface area contributed by atoms with Crippen LogP contribution in [0.15, 0.2) is 12.8 Å². The van der Waals surface area contributed by atoms with Gasteiger partial charge in [-0.1, -0.05) is 45.1 Å². The van der Waals surface area contributed by atoms with E-state index in [9.17, 15) is 0 Å². The molecule has 0 amide bonds. The molecule has 1 aliphatic rings. The maximum absolute atomic E-state index is 3.68. The zero-order chi connectivity index (χ0) is 12.3. The Labute approximate surface area is 107 Å². The summed E-state index contributed by atoms with van der Waals surface area (Å²) in [4.78, 5) is 0. The van der Waals surface area contributed by atoms with Gasteiger partial charge in [0, 0.05) is 6.54 Å². The lowest BCUT2D eigenvalue weighted by molar-refractivity contribution is 0.228. The molecule has 1 unspecified atom stereocenters. The van der Waals surface area contributed by atoms with Crippen molar-refractivity contribution in [1.29, 1.82) is 0 Å². The first-order valence-electron chi connectivity index (χ1n) is 7.37. The summed E-state index contributed by atoms with van der Waals surface area (Å²) in [5.41, 5.74) is 0. The predicted molar refractivity (Wildman–Crippen MR) is 76.0 cm³/mol. The van der Waals surface area contributed by atoms with Crippen LogP contribution in [0.3, 0.4) is 0 Å². The van der Waals surface area contributed by atoms with Crippen molar-refractivity contribution < 1.29 is 0 Å². The maximum Gasteiger partial charge on any atom is 0.0141 e. The summed E-state index contributed by atoms with van der Waals surface area (Å²) >= 11 is 0. The molecule has 0 bridgehead atoms. The second-order valence-corrected chi connectivity index (χ2v) is 5.37. The highest BCUT2D eigenvalue weighted by molar-refractivity contribution is 4.75. The van der Waals surface area contributed by atoms with Crippen LogP contribution in [0.2, 0.25) is 0 Å². The molecule has 1 rings (SSSR count). The summed E-state index contributed by atoms with van der Waals surface area (Å²) in [5, 5.41) is 6.57. The summed E-state index contributed by atoms with van der Waals surface area (Å²) in [5.74, 6) is 1.90. The highest BCUT2D eigenvalue weighted by Crippen LogP contribution is 2.32. The first-order valence-corrected chi connectivity index (χ1v) is 7.37. The number of nitrogens with one attached hydrogen (secondary N) is 2. The molecule has 2 nitrogen and oxygen atoms in total. The van der Waals surface area contributed by atoms with Crippen molar-refractivity contribution in [2.45, 2.75) is 51.4 Å². The van der Waals surface area contributed by atoms with Gasteiger partial charge in [0.05, 0.1) is 0 Å². The molecule has 0 aromatic rings. The van der Waals surface area contributed by atoms with Gasteiger partial charge in [0.1, 0.15) is 0 Å². The van der Waals surface area contributed by atoms with Crippen molar-refractivity contribution in [2.75, 3.05) is 20.1 Å². The molecule has 0 aromatic carbocycles.